The average molecular weight is 274 g/mol. The monoisotopic (exact) mass is 274 g/mol. The zero-order valence-corrected chi connectivity index (χ0v) is 11.9. The first-order valence-corrected chi connectivity index (χ1v) is 7.14. The van der Waals surface area contributed by atoms with Crippen molar-refractivity contribution in [1.82, 2.24) is 9.55 Å². The second kappa shape index (κ2) is 6.71. The molecule has 0 unspecified atom stereocenters. The van der Waals surface area contributed by atoms with E-state index in [2.05, 4.69) is 70.2 Å². The molecule has 2 aromatic carbocycles. The van der Waals surface area contributed by atoms with Crippen LogP contribution in [0.1, 0.15) is 11.1 Å². The summed E-state index contributed by atoms with van der Waals surface area (Å²) in [5.74, 6) is 0. The molecule has 0 saturated heterocycles. The minimum atomic E-state index is 0.865. The van der Waals surface area contributed by atoms with Crippen LogP contribution < -0.4 is 0 Å². The fourth-order valence-electron chi connectivity index (χ4n) is 2.41. The lowest BCUT2D eigenvalue weighted by molar-refractivity contribution is 0.767. The van der Waals surface area contributed by atoms with Crippen molar-refractivity contribution in [1.29, 1.82) is 0 Å². The second-order valence-corrected chi connectivity index (χ2v) is 5.11. The number of benzene rings is 2. The SMILES string of the molecule is C(=C(/Cc1ccccc1)Cn1ccnc1)/c1ccccc1. The predicted octanol–water partition coefficient (Wildman–Crippen LogP) is 4.21. The zero-order chi connectivity index (χ0) is 14.3. The van der Waals surface area contributed by atoms with Gasteiger partial charge in [-0.2, -0.15) is 0 Å². The van der Waals surface area contributed by atoms with E-state index in [0.717, 1.165) is 13.0 Å². The number of hydrogen-bond donors (Lipinski definition) is 0. The van der Waals surface area contributed by atoms with Crippen LogP contribution in [0.15, 0.2) is 85.0 Å². The highest BCUT2D eigenvalue weighted by Gasteiger charge is 2.02. The lowest BCUT2D eigenvalue weighted by Crippen LogP contribution is -2.01. The average Bonchev–Trinajstić information content (AvgIpc) is 3.02. The molecule has 0 aliphatic rings. The van der Waals surface area contributed by atoms with E-state index in [1.807, 2.05) is 24.8 Å². The third kappa shape index (κ3) is 3.93. The summed E-state index contributed by atoms with van der Waals surface area (Å²) >= 11 is 0. The van der Waals surface area contributed by atoms with E-state index in [-0.39, 0.29) is 0 Å². The normalized spacial score (nSPS) is 11.5. The van der Waals surface area contributed by atoms with Gasteiger partial charge >= 0.3 is 0 Å². The molecule has 2 nitrogen and oxygen atoms in total. The van der Waals surface area contributed by atoms with Gasteiger partial charge in [0.15, 0.2) is 0 Å². The number of hydrogen-bond acceptors (Lipinski definition) is 1. The summed E-state index contributed by atoms with van der Waals surface area (Å²) in [5, 5.41) is 0. The molecule has 1 heterocycles. The van der Waals surface area contributed by atoms with E-state index in [4.69, 9.17) is 0 Å². The minimum Gasteiger partial charge on any atom is -0.333 e. The molecule has 0 saturated carbocycles. The molecule has 3 rings (SSSR count). The van der Waals surface area contributed by atoms with Crippen LogP contribution >= 0.6 is 0 Å². The van der Waals surface area contributed by atoms with Crippen molar-refractivity contribution in [3.8, 4) is 0 Å². The fourth-order valence-corrected chi connectivity index (χ4v) is 2.41. The number of nitrogens with zero attached hydrogens (tertiary/aromatic N) is 2. The zero-order valence-electron chi connectivity index (χ0n) is 11.9. The maximum Gasteiger partial charge on any atom is 0.0948 e. The molecule has 0 N–H and O–H groups in total. The lowest BCUT2D eigenvalue weighted by atomic mass is 10.0. The van der Waals surface area contributed by atoms with Crippen molar-refractivity contribution in [3.05, 3.63) is 96.1 Å². The van der Waals surface area contributed by atoms with Crippen LogP contribution in [0.4, 0.5) is 0 Å². The first kappa shape index (κ1) is 13.4. The highest BCUT2D eigenvalue weighted by atomic mass is 15.0. The molecule has 2 heteroatoms. The second-order valence-electron chi connectivity index (χ2n) is 5.11. The Labute approximate surface area is 125 Å². The van der Waals surface area contributed by atoms with Crippen molar-refractivity contribution in [2.75, 3.05) is 0 Å². The third-order valence-corrected chi connectivity index (χ3v) is 3.39. The predicted molar refractivity (Wildman–Crippen MR) is 86.8 cm³/mol. The van der Waals surface area contributed by atoms with Crippen LogP contribution in [0.3, 0.4) is 0 Å². The maximum atomic E-state index is 4.13. The molecule has 3 aromatic rings. The highest BCUT2D eigenvalue weighted by molar-refractivity contribution is 5.53. The van der Waals surface area contributed by atoms with E-state index < -0.39 is 0 Å². The Morgan fingerprint density at radius 3 is 2.33 bits per heavy atom. The van der Waals surface area contributed by atoms with Crippen LogP contribution in [0, 0.1) is 0 Å². The number of allylic oxidation sites excluding steroid dienone is 1. The molecule has 0 amide bonds. The summed E-state index contributed by atoms with van der Waals surface area (Å²) in [6.07, 6.45) is 8.91. The quantitative estimate of drug-likeness (QED) is 0.681. The molecule has 0 aliphatic carbocycles. The number of rotatable bonds is 5. The van der Waals surface area contributed by atoms with Gasteiger partial charge < -0.3 is 4.57 Å². The van der Waals surface area contributed by atoms with Crippen LogP contribution in [-0.4, -0.2) is 9.55 Å². The summed E-state index contributed by atoms with van der Waals surface area (Å²) in [4.78, 5) is 4.13. The Balaban J connectivity index is 1.85. The van der Waals surface area contributed by atoms with E-state index in [1.165, 1.54) is 16.7 Å². The highest BCUT2D eigenvalue weighted by Crippen LogP contribution is 2.14. The first-order chi connectivity index (χ1) is 10.4. The first-order valence-electron chi connectivity index (χ1n) is 7.14. The molecule has 0 fully saturated rings. The molecule has 21 heavy (non-hydrogen) atoms. The van der Waals surface area contributed by atoms with Gasteiger partial charge in [0.05, 0.1) is 6.33 Å². The molecule has 1 aromatic heterocycles. The van der Waals surface area contributed by atoms with Gasteiger partial charge in [-0.1, -0.05) is 66.7 Å². The van der Waals surface area contributed by atoms with Gasteiger partial charge in [0.25, 0.3) is 0 Å². The van der Waals surface area contributed by atoms with Crippen molar-refractivity contribution in [2.45, 2.75) is 13.0 Å². The van der Waals surface area contributed by atoms with Gasteiger partial charge in [0, 0.05) is 18.9 Å². The molecule has 0 spiro atoms. The standard InChI is InChI=1S/C19H18N2/c1-3-7-17(8-4-1)13-19(15-21-12-11-20-16-21)14-18-9-5-2-6-10-18/h1-13,16H,14-15H2/b19-13+. The van der Waals surface area contributed by atoms with Gasteiger partial charge in [-0.05, 0) is 23.1 Å². The third-order valence-electron chi connectivity index (χ3n) is 3.39. The molecule has 0 bridgehead atoms. The van der Waals surface area contributed by atoms with Crippen LogP contribution in [0.25, 0.3) is 6.08 Å². The Morgan fingerprint density at radius 1 is 0.952 bits per heavy atom. The Hall–Kier alpha value is -2.61. The number of aromatic nitrogens is 2. The minimum absolute atomic E-state index is 0.865. The van der Waals surface area contributed by atoms with E-state index >= 15 is 0 Å². The van der Waals surface area contributed by atoms with Gasteiger partial charge in [-0.3, -0.25) is 0 Å². The topological polar surface area (TPSA) is 17.8 Å². The molecule has 0 aliphatic heterocycles. The summed E-state index contributed by atoms with van der Waals surface area (Å²) in [6, 6.07) is 21.0. The van der Waals surface area contributed by atoms with E-state index in [1.54, 1.807) is 0 Å². The molecule has 0 atom stereocenters. The lowest BCUT2D eigenvalue weighted by Gasteiger charge is -2.09. The van der Waals surface area contributed by atoms with E-state index in [9.17, 15) is 0 Å². The van der Waals surface area contributed by atoms with Crippen molar-refractivity contribution in [2.24, 2.45) is 0 Å². The fraction of sp³-hybridized carbons (Fsp3) is 0.105. The summed E-state index contributed by atoms with van der Waals surface area (Å²) in [5.41, 5.74) is 3.94. The molecule has 0 radical (unpaired) electrons. The molecule has 104 valence electrons. The number of imidazole rings is 1. The summed E-state index contributed by atoms with van der Waals surface area (Å²) in [6.45, 7) is 0.865. The smallest absolute Gasteiger partial charge is 0.0948 e. The summed E-state index contributed by atoms with van der Waals surface area (Å²) in [7, 11) is 0. The van der Waals surface area contributed by atoms with Crippen molar-refractivity contribution >= 4 is 6.08 Å². The Kier molecular flexibility index (Phi) is 4.27. The van der Waals surface area contributed by atoms with Crippen LogP contribution in [0.2, 0.25) is 0 Å². The van der Waals surface area contributed by atoms with Gasteiger partial charge in [0.1, 0.15) is 0 Å². The Morgan fingerprint density at radius 2 is 1.67 bits per heavy atom. The molecular formula is C19H18N2. The van der Waals surface area contributed by atoms with Crippen molar-refractivity contribution in [3.63, 3.8) is 0 Å². The van der Waals surface area contributed by atoms with Crippen molar-refractivity contribution < 1.29 is 0 Å². The largest absolute Gasteiger partial charge is 0.333 e. The maximum absolute atomic E-state index is 4.13. The van der Waals surface area contributed by atoms with Gasteiger partial charge in [-0.15, -0.1) is 0 Å². The van der Waals surface area contributed by atoms with Crippen LogP contribution in [-0.2, 0) is 13.0 Å². The van der Waals surface area contributed by atoms with Crippen LogP contribution in [0.5, 0.6) is 0 Å². The van der Waals surface area contributed by atoms with E-state index in [0.29, 0.717) is 0 Å². The van der Waals surface area contributed by atoms with Gasteiger partial charge in [-0.25, -0.2) is 4.98 Å². The Bertz CT molecular complexity index is 683. The molecular weight excluding hydrogens is 256 g/mol. The van der Waals surface area contributed by atoms with Gasteiger partial charge in [0.2, 0.25) is 0 Å². The summed E-state index contributed by atoms with van der Waals surface area (Å²) < 4.78 is 2.11.